The van der Waals surface area contributed by atoms with Crippen molar-refractivity contribution in [2.75, 3.05) is 13.2 Å². The van der Waals surface area contributed by atoms with E-state index in [2.05, 4.69) is 11.9 Å². The first-order valence-corrected chi connectivity index (χ1v) is 10.00. The fourth-order valence-electron chi connectivity index (χ4n) is 2.08. The lowest BCUT2D eigenvalue weighted by atomic mass is 10.3. The Bertz CT molecular complexity index is 338. The number of carbonyl (C=O) groups is 1. The zero-order valence-electron chi connectivity index (χ0n) is 14.8. The monoisotopic (exact) mass is 349 g/mol. The van der Waals surface area contributed by atoms with Gasteiger partial charge in [0.25, 0.3) is 0 Å². The van der Waals surface area contributed by atoms with E-state index in [1.165, 1.54) is 0 Å². The van der Waals surface area contributed by atoms with Gasteiger partial charge in [0.2, 0.25) is 6.29 Å². The summed E-state index contributed by atoms with van der Waals surface area (Å²) in [7, 11) is -2.77. The Morgan fingerprint density at radius 2 is 1.83 bits per heavy atom. The van der Waals surface area contributed by atoms with E-state index in [0.717, 1.165) is 12.5 Å². The molecule has 7 nitrogen and oxygen atoms in total. The number of rotatable bonds is 13. The van der Waals surface area contributed by atoms with Crippen LogP contribution in [0.3, 0.4) is 0 Å². The smallest absolute Gasteiger partial charge is 0.431 e. The molecule has 0 fully saturated rings. The first-order valence-electron chi connectivity index (χ1n) is 8.06. The van der Waals surface area contributed by atoms with Crippen molar-refractivity contribution in [2.45, 2.75) is 65.6 Å². The third-order valence-electron chi connectivity index (χ3n) is 2.97. The van der Waals surface area contributed by atoms with Gasteiger partial charge >= 0.3 is 14.8 Å². The number of nitrogens with one attached hydrogen (secondary N) is 1. The lowest BCUT2D eigenvalue weighted by Gasteiger charge is -2.33. The molecule has 0 aliphatic carbocycles. The molecule has 0 amide bonds. The van der Waals surface area contributed by atoms with Gasteiger partial charge in [0, 0.05) is 25.3 Å². The van der Waals surface area contributed by atoms with E-state index in [4.69, 9.17) is 18.0 Å². The van der Waals surface area contributed by atoms with Crippen molar-refractivity contribution >= 4 is 14.8 Å². The maximum Gasteiger partial charge on any atom is 0.502 e. The van der Waals surface area contributed by atoms with Crippen LogP contribution in [0.15, 0.2) is 12.7 Å². The Balaban J connectivity index is 4.69. The molecule has 0 rings (SSSR count). The molecule has 3 atom stereocenters. The number of carbonyl (C=O) groups excluding carboxylic acids is 1. The molecule has 3 unspecified atom stereocenters. The van der Waals surface area contributed by atoms with Crippen LogP contribution in [0.5, 0.6) is 0 Å². The minimum absolute atomic E-state index is 0.432. The lowest BCUT2D eigenvalue weighted by Crippen LogP contribution is -2.53. The molecule has 0 bridgehead atoms. The van der Waals surface area contributed by atoms with E-state index in [9.17, 15) is 9.90 Å². The zero-order chi connectivity index (χ0) is 17.9. The maximum atomic E-state index is 11.1. The topological polar surface area (TPSA) is 86.3 Å². The first-order chi connectivity index (χ1) is 10.8. The van der Waals surface area contributed by atoms with Crippen LogP contribution in [-0.2, 0) is 22.8 Å². The van der Waals surface area contributed by atoms with Crippen molar-refractivity contribution in [1.82, 2.24) is 5.32 Å². The second-order valence-electron chi connectivity index (χ2n) is 5.05. The minimum Gasteiger partial charge on any atom is -0.431 e. The fourth-order valence-corrected chi connectivity index (χ4v) is 4.81. The minimum atomic E-state index is -2.77. The third-order valence-corrected chi connectivity index (χ3v) is 6.25. The first kappa shape index (κ1) is 22.2. The van der Waals surface area contributed by atoms with E-state index in [1.807, 2.05) is 20.8 Å². The molecular formula is C15H31NO6Si. The molecule has 0 aromatic carbocycles. The average molecular weight is 350 g/mol. The van der Waals surface area contributed by atoms with Crippen LogP contribution in [0.2, 0.25) is 6.04 Å². The van der Waals surface area contributed by atoms with Gasteiger partial charge in [-0.05, 0) is 27.7 Å². The van der Waals surface area contributed by atoms with Crippen LogP contribution in [0.25, 0.3) is 0 Å². The van der Waals surface area contributed by atoms with Gasteiger partial charge in [-0.3, -0.25) is 5.32 Å². The second kappa shape index (κ2) is 11.7. The molecule has 0 saturated carbocycles. The predicted molar refractivity (Wildman–Crippen MR) is 89.5 cm³/mol. The van der Waals surface area contributed by atoms with Crippen molar-refractivity contribution in [3.05, 3.63) is 12.7 Å². The van der Waals surface area contributed by atoms with Gasteiger partial charge in [-0.25, -0.2) is 4.79 Å². The van der Waals surface area contributed by atoms with Crippen LogP contribution < -0.4 is 5.32 Å². The molecule has 23 heavy (non-hydrogen) atoms. The van der Waals surface area contributed by atoms with Crippen LogP contribution in [0.4, 0.5) is 0 Å². The lowest BCUT2D eigenvalue weighted by molar-refractivity contribution is -0.167. The molecule has 136 valence electrons. The van der Waals surface area contributed by atoms with Crippen molar-refractivity contribution in [3.8, 4) is 0 Å². The van der Waals surface area contributed by atoms with Crippen molar-refractivity contribution in [1.29, 1.82) is 0 Å². The molecular weight excluding hydrogens is 318 g/mol. The SMILES string of the molecule is C=CC(=O)OC(O)C(C)NC(C)O[Si](CCC)(OCC)OCC. The highest BCUT2D eigenvalue weighted by atomic mass is 28.4. The Morgan fingerprint density at radius 3 is 2.26 bits per heavy atom. The van der Waals surface area contributed by atoms with Crippen LogP contribution >= 0.6 is 0 Å². The van der Waals surface area contributed by atoms with E-state index in [0.29, 0.717) is 19.3 Å². The van der Waals surface area contributed by atoms with E-state index < -0.39 is 33.3 Å². The molecule has 0 saturated heterocycles. The summed E-state index contributed by atoms with van der Waals surface area (Å²) in [6.45, 7) is 13.6. The van der Waals surface area contributed by atoms with Gasteiger partial charge in [0.05, 0.1) is 12.3 Å². The molecule has 0 aliphatic heterocycles. The molecule has 0 spiro atoms. The Labute approximate surface area is 140 Å². The number of hydrogen-bond acceptors (Lipinski definition) is 7. The quantitative estimate of drug-likeness (QED) is 0.227. The standard InChI is InChI=1S/C15H31NO6Si/c1-7-11-23(19-9-3,20-10-4)22-13(6)16-12(5)15(18)21-14(17)8-2/h8,12-13,15-16,18H,2,7,9-11H2,1,3-6H3. The molecule has 0 aliphatic rings. The predicted octanol–water partition coefficient (Wildman–Crippen LogP) is 1.80. The van der Waals surface area contributed by atoms with Gasteiger partial charge in [0.1, 0.15) is 0 Å². The van der Waals surface area contributed by atoms with E-state index >= 15 is 0 Å². The van der Waals surface area contributed by atoms with Crippen LogP contribution in [0.1, 0.15) is 41.0 Å². The van der Waals surface area contributed by atoms with Crippen LogP contribution in [-0.4, -0.2) is 51.7 Å². The number of esters is 1. The highest BCUT2D eigenvalue weighted by Gasteiger charge is 2.41. The van der Waals surface area contributed by atoms with Gasteiger partial charge in [-0.1, -0.05) is 19.9 Å². The molecule has 0 heterocycles. The largest absolute Gasteiger partial charge is 0.502 e. The number of ether oxygens (including phenoxy) is 1. The van der Waals surface area contributed by atoms with Gasteiger partial charge in [-0.2, -0.15) is 0 Å². The molecule has 0 radical (unpaired) electrons. The highest BCUT2D eigenvalue weighted by Crippen LogP contribution is 2.19. The summed E-state index contributed by atoms with van der Waals surface area (Å²) in [4.78, 5) is 11.1. The second-order valence-corrected chi connectivity index (χ2v) is 7.73. The summed E-state index contributed by atoms with van der Waals surface area (Å²) in [6, 6.07) is 0.189. The zero-order valence-corrected chi connectivity index (χ0v) is 15.8. The summed E-state index contributed by atoms with van der Waals surface area (Å²) in [5, 5.41) is 12.8. The Morgan fingerprint density at radius 1 is 1.26 bits per heavy atom. The number of aliphatic hydroxyl groups is 1. The molecule has 0 aromatic rings. The van der Waals surface area contributed by atoms with Crippen molar-refractivity contribution < 1.29 is 27.9 Å². The van der Waals surface area contributed by atoms with E-state index in [-0.39, 0.29) is 0 Å². The Kier molecular flexibility index (Phi) is 11.3. The fraction of sp³-hybridized carbons (Fsp3) is 0.800. The van der Waals surface area contributed by atoms with Crippen LogP contribution in [0, 0.1) is 0 Å². The summed E-state index contributed by atoms with van der Waals surface area (Å²) in [5.41, 5.74) is 0. The maximum absolute atomic E-state index is 11.1. The van der Waals surface area contributed by atoms with E-state index in [1.54, 1.807) is 13.8 Å². The summed E-state index contributed by atoms with van der Waals surface area (Å²) < 4.78 is 22.4. The van der Waals surface area contributed by atoms with Crippen molar-refractivity contribution in [2.24, 2.45) is 0 Å². The third kappa shape index (κ3) is 8.59. The van der Waals surface area contributed by atoms with Crippen molar-refractivity contribution in [3.63, 3.8) is 0 Å². The molecule has 8 heteroatoms. The summed E-state index contributed by atoms with van der Waals surface area (Å²) >= 11 is 0. The van der Waals surface area contributed by atoms with Gasteiger partial charge in [0.15, 0.2) is 0 Å². The highest BCUT2D eigenvalue weighted by molar-refractivity contribution is 6.60. The number of aliphatic hydroxyl groups excluding tert-OH is 1. The molecule has 0 aromatic heterocycles. The van der Waals surface area contributed by atoms with Gasteiger partial charge < -0.3 is 23.1 Å². The normalized spacial score (nSPS) is 15.7. The summed E-state index contributed by atoms with van der Waals surface area (Å²) in [5.74, 6) is -0.682. The summed E-state index contributed by atoms with van der Waals surface area (Å²) in [6.07, 6.45) is 0.152. The molecule has 2 N–H and O–H groups in total. The Hall–Kier alpha value is -0.773. The number of hydrogen-bond donors (Lipinski definition) is 2. The van der Waals surface area contributed by atoms with Gasteiger partial charge in [-0.15, -0.1) is 0 Å². The average Bonchev–Trinajstić information content (AvgIpc) is 2.47.